The summed E-state index contributed by atoms with van der Waals surface area (Å²) in [4.78, 5) is 25.7. The molecule has 0 fully saturated rings. The highest BCUT2D eigenvalue weighted by molar-refractivity contribution is 7.80. The summed E-state index contributed by atoms with van der Waals surface area (Å²) in [6, 6.07) is 27.9. The number of allylic oxidation sites excluding steroid dienone is 1. The van der Waals surface area contributed by atoms with Crippen LogP contribution in [-0.4, -0.2) is 24.6 Å². The lowest BCUT2D eigenvalue weighted by Gasteiger charge is -2.24. The molecule has 0 saturated carbocycles. The van der Waals surface area contributed by atoms with E-state index >= 15 is 0 Å². The minimum atomic E-state index is -0.976. The first-order valence-electron chi connectivity index (χ1n) is 11.1. The van der Waals surface area contributed by atoms with Crippen LogP contribution in [0.15, 0.2) is 97.1 Å². The molecule has 0 bridgehead atoms. The van der Waals surface area contributed by atoms with Crippen LogP contribution >= 0.6 is 7.92 Å². The predicted molar refractivity (Wildman–Crippen MR) is 135 cm³/mol. The van der Waals surface area contributed by atoms with Crippen molar-refractivity contribution in [3.8, 4) is 0 Å². The monoisotopic (exact) mass is 460 g/mol. The molecule has 0 aliphatic heterocycles. The summed E-state index contributed by atoms with van der Waals surface area (Å²) in [6.45, 7) is 5.58. The molecule has 0 amide bonds. The maximum atomic E-state index is 13.4. The van der Waals surface area contributed by atoms with E-state index in [1.54, 1.807) is 32.1 Å². The normalized spacial score (nSPS) is 13.0. The number of carbonyl (C=O) groups excluding carboxylic acids is 2. The third kappa shape index (κ3) is 6.18. The van der Waals surface area contributed by atoms with Crippen molar-refractivity contribution < 1.29 is 19.1 Å². The molecule has 0 unspecified atom stereocenters. The first-order chi connectivity index (χ1) is 16.1. The minimum absolute atomic E-state index is 0.279. The largest absolute Gasteiger partial charge is 0.466 e. The number of hydrogen-bond donors (Lipinski definition) is 0. The Bertz CT molecular complexity index is 1040. The Labute approximate surface area is 197 Å². The van der Waals surface area contributed by atoms with Crippen LogP contribution in [0.3, 0.4) is 0 Å². The van der Waals surface area contributed by atoms with E-state index < -0.39 is 31.9 Å². The molecule has 0 spiro atoms. The van der Waals surface area contributed by atoms with Gasteiger partial charge in [-0.1, -0.05) is 84.9 Å². The standard InChI is InChI=1S/C28H29O4P/c1-4-14-25(21(3)27(29)31-5-2)32-28(30)24-19-12-13-20-26(24)33(22-15-8-6-9-16-22)23-17-10-7-11-18-23/h4,6-21,25H,5H2,1-3H3/b14-4+/t21-,25-/m0/s1. The van der Waals surface area contributed by atoms with Crippen LogP contribution < -0.4 is 15.9 Å². The zero-order valence-corrected chi connectivity index (χ0v) is 20.1. The van der Waals surface area contributed by atoms with Crippen molar-refractivity contribution in [1.82, 2.24) is 0 Å². The van der Waals surface area contributed by atoms with Gasteiger partial charge in [-0.25, -0.2) is 4.79 Å². The summed E-state index contributed by atoms with van der Waals surface area (Å²) in [5.41, 5.74) is 0.502. The zero-order chi connectivity index (χ0) is 23.6. The Morgan fingerprint density at radius 3 is 1.97 bits per heavy atom. The molecule has 2 atom stereocenters. The zero-order valence-electron chi connectivity index (χ0n) is 19.2. The number of benzene rings is 3. The van der Waals surface area contributed by atoms with Crippen LogP contribution in [0.5, 0.6) is 0 Å². The van der Waals surface area contributed by atoms with Crippen LogP contribution in [0.4, 0.5) is 0 Å². The van der Waals surface area contributed by atoms with E-state index in [2.05, 4.69) is 24.3 Å². The van der Waals surface area contributed by atoms with Crippen molar-refractivity contribution in [2.45, 2.75) is 26.9 Å². The van der Waals surface area contributed by atoms with Gasteiger partial charge >= 0.3 is 11.9 Å². The highest BCUT2D eigenvalue weighted by Gasteiger charge is 2.29. The molecule has 0 heterocycles. The molecule has 170 valence electrons. The average molecular weight is 461 g/mol. The second-order valence-electron chi connectivity index (χ2n) is 7.46. The third-order valence-corrected chi connectivity index (χ3v) is 7.67. The minimum Gasteiger partial charge on any atom is -0.466 e. The molecular formula is C28H29O4P. The summed E-state index contributed by atoms with van der Waals surface area (Å²) < 4.78 is 11.0. The molecule has 0 aromatic heterocycles. The van der Waals surface area contributed by atoms with Gasteiger partial charge in [0.05, 0.1) is 18.1 Å². The maximum Gasteiger partial charge on any atom is 0.339 e. The van der Waals surface area contributed by atoms with E-state index in [0.717, 1.165) is 15.9 Å². The van der Waals surface area contributed by atoms with Crippen LogP contribution in [0.1, 0.15) is 31.1 Å². The number of esters is 2. The lowest BCUT2D eigenvalue weighted by atomic mass is 10.0. The Hall–Kier alpha value is -3.23. The van der Waals surface area contributed by atoms with E-state index in [4.69, 9.17) is 9.47 Å². The van der Waals surface area contributed by atoms with Crippen LogP contribution in [0.2, 0.25) is 0 Å². The lowest BCUT2D eigenvalue weighted by molar-refractivity contribution is -0.150. The van der Waals surface area contributed by atoms with Gasteiger partial charge in [0, 0.05) is 0 Å². The van der Waals surface area contributed by atoms with Crippen molar-refractivity contribution in [3.05, 3.63) is 103 Å². The summed E-state index contributed by atoms with van der Waals surface area (Å²) >= 11 is 0. The van der Waals surface area contributed by atoms with Crippen LogP contribution in [0, 0.1) is 5.92 Å². The molecule has 3 aromatic carbocycles. The van der Waals surface area contributed by atoms with E-state index in [0.29, 0.717) is 5.56 Å². The number of ether oxygens (including phenoxy) is 2. The topological polar surface area (TPSA) is 52.6 Å². The molecule has 4 nitrogen and oxygen atoms in total. The van der Waals surface area contributed by atoms with Crippen molar-refractivity contribution in [2.24, 2.45) is 5.92 Å². The van der Waals surface area contributed by atoms with E-state index in [-0.39, 0.29) is 6.61 Å². The van der Waals surface area contributed by atoms with Gasteiger partial charge < -0.3 is 9.47 Å². The fourth-order valence-corrected chi connectivity index (χ4v) is 5.95. The predicted octanol–water partition coefficient (Wildman–Crippen LogP) is 4.75. The molecule has 0 N–H and O–H groups in total. The molecular weight excluding hydrogens is 431 g/mol. The summed E-state index contributed by atoms with van der Waals surface area (Å²) in [6.07, 6.45) is 2.79. The molecule has 3 aromatic rings. The van der Waals surface area contributed by atoms with Crippen molar-refractivity contribution in [1.29, 1.82) is 0 Å². The van der Waals surface area contributed by atoms with E-state index in [9.17, 15) is 9.59 Å². The number of rotatable bonds is 9. The molecule has 0 aliphatic rings. The first kappa shape index (κ1) is 24.4. The van der Waals surface area contributed by atoms with Gasteiger partial charge in [0.2, 0.25) is 0 Å². The fraction of sp³-hybridized carbons (Fsp3) is 0.214. The van der Waals surface area contributed by atoms with Crippen molar-refractivity contribution in [2.75, 3.05) is 6.61 Å². The maximum absolute atomic E-state index is 13.4. The molecule has 33 heavy (non-hydrogen) atoms. The van der Waals surface area contributed by atoms with Crippen molar-refractivity contribution >= 4 is 35.8 Å². The number of hydrogen-bond acceptors (Lipinski definition) is 4. The van der Waals surface area contributed by atoms with Crippen molar-refractivity contribution in [3.63, 3.8) is 0 Å². The van der Waals surface area contributed by atoms with Gasteiger partial charge in [0.15, 0.2) is 0 Å². The van der Waals surface area contributed by atoms with E-state index in [1.165, 1.54) is 0 Å². The number of carbonyl (C=O) groups is 2. The summed E-state index contributed by atoms with van der Waals surface area (Å²) in [7, 11) is -0.976. The lowest BCUT2D eigenvalue weighted by Crippen LogP contribution is -2.32. The molecule has 0 aliphatic carbocycles. The van der Waals surface area contributed by atoms with Gasteiger partial charge in [-0.05, 0) is 56.7 Å². The van der Waals surface area contributed by atoms with Gasteiger partial charge in [0.1, 0.15) is 6.10 Å². The molecule has 5 heteroatoms. The Morgan fingerprint density at radius 2 is 1.42 bits per heavy atom. The smallest absolute Gasteiger partial charge is 0.339 e. The quantitative estimate of drug-likeness (QED) is 0.263. The fourth-order valence-electron chi connectivity index (χ4n) is 3.52. The SMILES string of the molecule is C/C=C/[C@H](OC(=O)c1ccccc1P(c1ccccc1)c1ccccc1)[C@H](C)C(=O)OCC. The Morgan fingerprint density at radius 1 is 0.879 bits per heavy atom. The highest BCUT2D eigenvalue weighted by atomic mass is 31.1. The average Bonchev–Trinajstić information content (AvgIpc) is 2.85. The second kappa shape index (κ2) is 12.1. The molecule has 3 rings (SSSR count). The third-order valence-electron chi connectivity index (χ3n) is 5.17. The molecule has 0 radical (unpaired) electrons. The second-order valence-corrected chi connectivity index (χ2v) is 9.65. The molecule has 0 saturated heterocycles. The Balaban J connectivity index is 2.00. The highest BCUT2D eigenvalue weighted by Crippen LogP contribution is 2.34. The van der Waals surface area contributed by atoms with Gasteiger partial charge in [-0.15, -0.1) is 0 Å². The van der Waals surface area contributed by atoms with Crippen LogP contribution in [-0.2, 0) is 14.3 Å². The van der Waals surface area contributed by atoms with Gasteiger partial charge in [-0.3, -0.25) is 4.79 Å². The summed E-state index contributed by atoms with van der Waals surface area (Å²) in [5.74, 6) is -1.45. The summed E-state index contributed by atoms with van der Waals surface area (Å²) in [5, 5.41) is 3.20. The van der Waals surface area contributed by atoms with E-state index in [1.807, 2.05) is 61.5 Å². The Kier molecular flexibility index (Phi) is 8.97. The first-order valence-corrected chi connectivity index (χ1v) is 12.4. The van der Waals surface area contributed by atoms with Gasteiger partial charge in [0.25, 0.3) is 0 Å². The van der Waals surface area contributed by atoms with Gasteiger partial charge in [-0.2, -0.15) is 0 Å². The van der Waals surface area contributed by atoms with Crippen LogP contribution in [0.25, 0.3) is 0 Å².